The Hall–Kier alpha value is -0.770. The summed E-state index contributed by atoms with van der Waals surface area (Å²) >= 11 is 0. The molecule has 0 aromatic heterocycles. The minimum absolute atomic E-state index is 0.00660. The maximum absolute atomic E-state index is 12.2. The second-order valence-electron chi connectivity index (χ2n) is 4.98. The van der Waals surface area contributed by atoms with Crippen LogP contribution in [0.5, 0.6) is 0 Å². The summed E-state index contributed by atoms with van der Waals surface area (Å²) in [5.41, 5.74) is -0.777. The zero-order valence-electron chi connectivity index (χ0n) is 14.3. The smallest absolute Gasteiger partial charge is 0.410 e. The molecule has 1 fully saturated rings. The molecule has 4 nitrogen and oxygen atoms in total. The Morgan fingerprint density at radius 3 is 2.81 bits per heavy atom. The van der Waals surface area contributed by atoms with Crippen LogP contribution in [-0.4, -0.2) is 40.9 Å². The lowest BCUT2D eigenvalue weighted by atomic mass is 9.95. The van der Waals surface area contributed by atoms with Crippen molar-refractivity contribution in [3.8, 4) is 0 Å². The van der Waals surface area contributed by atoms with E-state index in [9.17, 15) is 9.90 Å². The average molecular weight is 233 g/mol. The highest BCUT2D eigenvalue weighted by Crippen LogP contribution is 2.23. The van der Waals surface area contributed by atoms with E-state index in [1.54, 1.807) is 27.7 Å². The van der Waals surface area contributed by atoms with Gasteiger partial charge in [0.25, 0.3) is 0 Å². The van der Waals surface area contributed by atoms with E-state index >= 15 is 0 Å². The van der Waals surface area contributed by atoms with Gasteiger partial charge in [-0.3, -0.25) is 0 Å². The van der Waals surface area contributed by atoms with Crippen LogP contribution in [0.3, 0.4) is 0 Å². The van der Waals surface area contributed by atoms with E-state index in [2.05, 4.69) is 0 Å². The maximum atomic E-state index is 12.2. The fourth-order valence-corrected chi connectivity index (χ4v) is 1.40. The molecule has 1 aliphatic heterocycles. The van der Waals surface area contributed by atoms with E-state index < -0.39 is 43.0 Å². The molecule has 0 spiro atoms. The zero-order valence-corrected chi connectivity index (χ0v) is 10.3. The van der Waals surface area contributed by atoms with Gasteiger partial charge in [0.1, 0.15) is 5.60 Å². The van der Waals surface area contributed by atoms with Crippen LogP contribution in [0.15, 0.2) is 0 Å². The topological polar surface area (TPSA) is 49.8 Å². The fourth-order valence-electron chi connectivity index (χ4n) is 1.40. The summed E-state index contributed by atoms with van der Waals surface area (Å²) in [5, 5.41) is 9.45. The molecule has 1 amide bonds. The Labute approximate surface area is 103 Å². The number of carbonyl (C=O) groups excluding carboxylic acids is 1. The third kappa shape index (κ3) is 3.67. The number of rotatable bonds is 1. The van der Waals surface area contributed by atoms with Crippen LogP contribution in [0.1, 0.15) is 45.9 Å². The van der Waals surface area contributed by atoms with Crippen LogP contribution in [-0.2, 0) is 4.74 Å². The Morgan fingerprint density at radius 2 is 2.31 bits per heavy atom. The lowest BCUT2D eigenvalue weighted by molar-refractivity contribution is -0.00476. The molecule has 0 aromatic rings. The van der Waals surface area contributed by atoms with Crippen molar-refractivity contribution in [2.24, 2.45) is 5.92 Å². The molecule has 16 heavy (non-hydrogen) atoms. The van der Waals surface area contributed by atoms with Gasteiger partial charge in [0, 0.05) is 10.7 Å². The average Bonchev–Trinajstić information content (AvgIpc) is 2.29. The molecule has 1 unspecified atom stereocenters. The molecule has 1 rings (SSSR count). The first-order valence-electron chi connectivity index (χ1n) is 7.48. The number of carbonyl (C=O) groups is 1. The van der Waals surface area contributed by atoms with Crippen LogP contribution >= 0.6 is 0 Å². The molecular formula is C12H23NO3. The van der Waals surface area contributed by atoms with Crippen LogP contribution in [0.4, 0.5) is 4.79 Å². The third-order valence-electron chi connectivity index (χ3n) is 2.09. The van der Waals surface area contributed by atoms with Gasteiger partial charge >= 0.3 is 6.09 Å². The highest BCUT2D eigenvalue weighted by molar-refractivity contribution is 5.68. The minimum Gasteiger partial charge on any atom is -0.444 e. The molecule has 0 bridgehead atoms. The van der Waals surface area contributed by atoms with Gasteiger partial charge in [0.05, 0.1) is 14.0 Å². The summed E-state index contributed by atoms with van der Waals surface area (Å²) in [4.78, 5) is 13.1. The maximum Gasteiger partial charge on any atom is 0.410 e. The number of amides is 1. The second-order valence-corrected chi connectivity index (χ2v) is 4.98. The second kappa shape index (κ2) is 5.04. The van der Waals surface area contributed by atoms with Gasteiger partial charge in [-0.1, -0.05) is 6.92 Å². The Balaban J connectivity index is 3.14. The summed E-state index contributed by atoms with van der Waals surface area (Å²) < 4.78 is 37.1. The first-order valence-corrected chi connectivity index (χ1v) is 5.40. The van der Waals surface area contributed by atoms with Gasteiger partial charge in [0.2, 0.25) is 0 Å². The highest BCUT2D eigenvalue weighted by atomic mass is 16.6. The molecule has 0 aliphatic carbocycles. The van der Waals surface area contributed by atoms with Crippen molar-refractivity contribution in [1.29, 1.82) is 0 Å². The van der Waals surface area contributed by atoms with Crippen molar-refractivity contribution in [2.45, 2.75) is 52.1 Å². The molecule has 3 atom stereocenters. The molecule has 1 N–H and O–H groups in total. The van der Waals surface area contributed by atoms with Gasteiger partial charge in [0.15, 0.2) is 0 Å². The number of nitrogens with zero attached hydrogens (tertiary/aromatic N) is 1. The SMILES string of the molecule is [2H]C1[C@H](C)CN(C(=O)OC(C)(C)C)[C@]([2H])(CO)C1([2H])[2H]. The standard InChI is InChI=1S/C12H23NO3/c1-9-5-6-10(8-14)13(7-9)11(15)16-12(2,3)4/h9-10,14H,5-8H2,1-4H3/t9-,10-/m0/s1/i5D,6D2,10D/t5?,9-,10-. The summed E-state index contributed by atoms with van der Waals surface area (Å²) in [5.74, 6) is -0.456. The number of aliphatic hydroxyl groups is 1. The zero-order chi connectivity index (χ0) is 15.9. The molecule has 0 aromatic carbocycles. The summed E-state index contributed by atoms with van der Waals surface area (Å²) in [7, 11) is 0. The van der Waals surface area contributed by atoms with Gasteiger partial charge in [-0.25, -0.2) is 4.79 Å². The summed E-state index contributed by atoms with van der Waals surface area (Å²) in [6.07, 6.45) is -4.38. The van der Waals surface area contributed by atoms with E-state index in [1.807, 2.05) is 0 Å². The first-order chi connectivity index (χ1) is 8.87. The van der Waals surface area contributed by atoms with E-state index in [0.29, 0.717) is 0 Å². The number of likely N-dealkylation sites (tertiary alicyclic amines) is 1. The first kappa shape index (κ1) is 8.34. The van der Waals surface area contributed by atoms with Crippen molar-refractivity contribution in [3.05, 3.63) is 0 Å². The molecule has 1 heterocycles. The summed E-state index contributed by atoms with van der Waals surface area (Å²) in [6.45, 7) is 5.78. The van der Waals surface area contributed by atoms with Gasteiger partial charge in [-0.2, -0.15) is 0 Å². The van der Waals surface area contributed by atoms with Crippen LogP contribution in [0, 0.1) is 5.92 Å². The molecule has 4 heteroatoms. The van der Waals surface area contributed by atoms with E-state index in [1.165, 1.54) is 0 Å². The highest BCUT2D eigenvalue weighted by Gasteiger charge is 2.32. The Morgan fingerprint density at radius 1 is 1.69 bits per heavy atom. The normalized spacial score (nSPS) is 42.7. The molecule has 0 radical (unpaired) electrons. The van der Waals surface area contributed by atoms with Crippen LogP contribution in [0.2, 0.25) is 0 Å². The van der Waals surface area contributed by atoms with Crippen molar-refractivity contribution in [1.82, 2.24) is 4.90 Å². The van der Waals surface area contributed by atoms with Crippen molar-refractivity contribution in [2.75, 3.05) is 13.2 Å². The monoisotopic (exact) mass is 233 g/mol. The van der Waals surface area contributed by atoms with Crippen molar-refractivity contribution < 1.29 is 20.1 Å². The summed E-state index contributed by atoms with van der Waals surface area (Å²) in [6, 6.07) is -2.21. The molecule has 94 valence electrons. The predicted molar refractivity (Wildman–Crippen MR) is 62.2 cm³/mol. The lowest BCUT2D eigenvalue weighted by Gasteiger charge is -2.38. The number of hydrogen-bond donors (Lipinski definition) is 1. The van der Waals surface area contributed by atoms with E-state index in [0.717, 1.165) is 4.90 Å². The number of aliphatic hydroxyl groups excluding tert-OH is 1. The third-order valence-corrected chi connectivity index (χ3v) is 2.09. The lowest BCUT2D eigenvalue weighted by Crippen LogP contribution is -2.49. The quantitative estimate of drug-likeness (QED) is 0.753. The van der Waals surface area contributed by atoms with Gasteiger partial charge < -0.3 is 14.7 Å². The van der Waals surface area contributed by atoms with Crippen LogP contribution < -0.4 is 0 Å². The van der Waals surface area contributed by atoms with Gasteiger partial charge in [-0.15, -0.1) is 0 Å². The molecule has 1 aliphatic rings. The van der Waals surface area contributed by atoms with E-state index in [4.69, 9.17) is 10.2 Å². The number of ether oxygens (including phenoxy) is 1. The molecular weight excluding hydrogens is 206 g/mol. The Bertz CT molecular complexity index is 385. The molecule has 0 saturated carbocycles. The predicted octanol–water partition coefficient (Wildman–Crippen LogP) is 2.01. The Kier molecular flexibility index (Phi) is 2.63. The van der Waals surface area contributed by atoms with Crippen LogP contribution in [0.25, 0.3) is 0 Å². The molecule has 1 saturated heterocycles. The van der Waals surface area contributed by atoms with Gasteiger partial charge in [-0.05, 0) is 39.5 Å². The fraction of sp³-hybridized carbons (Fsp3) is 0.917. The largest absolute Gasteiger partial charge is 0.444 e. The number of hydrogen-bond acceptors (Lipinski definition) is 3. The minimum atomic E-state index is -2.35. The van der Waals surface area contributed by atoms with Crippen molar-refractivity contribution >= 4 is 6.09 Å². The van der Waals surface area contributed by atoms with Crippen molar-refractivity contribution in [3.63, 3.8) is 0 Å². The number of piperidine rings is 1. The van der Waals surface area contributed by atoms with E-state index in [-0.39, 0.29) is 6.54 Å².